The van der Waals surface area contributed by atoms with Crippen LogP contribution in [-0.4, -0.2) is 15.2 Å². The Bertz CT molecular complexity index is 201. The van der Waals surface area contributed by atoms with Gasteiger partial charge in [0, 0.05) is 0 Å². The number of rotatable bonds is 0. The normalized spacial score (nSPS) is 7.00. The van der Waals surface area contributed by atoms with Gasteiger partial charge in [-0.1, -0.05) is 27.7 Å². The number of hydrogen-bond donors (Lipinski definition) is 2. The van der Waals surface area contributed by atoms with Gasteiger partial charge in [-0.05, 0) is 6.92 Å². The standard InChI is InChI=1S/C3H5N3O.2C2H6/c1-2-4-3(7)6-5-2;2*1-2/h1H3,(H2,4,5,6,7);2*1-2H3. The van der Waals surface area contributed by atoms with Crippen molar-refractivity contribution < 1.29 is 0 Å². The second-order valence-corrected chi connectivity index (χ2v) is 1.26. The Morgan fingerprint density at radius 2 is 1.64 bits per heavy atom. The van der Waals surface area contributed by atoms with Gasteiger partial charge in [0.2, 0.25) is 0 Å². The lowest BCUT2D eigenvalue weighted by molar-refractivity contribution is 1.02. The van der Waals surface area contributed by atoms with E-state index in [0.29, 0.717) is 5.82 Å². The number of aryl methyl sites for hydroxylation is 1. The summed E-state index contributed by atoms with van der Waals surface area (Å²) in [4.78, 5) is 12.5. The van der Waals surface area contributed by atoms with Crippen LogP contribution in [0.5, 0.6) is 0 Å². The maximum Gasteiger partial charge on any atom is 0.340 e. The molecule has 1 heterocycles. The highest BCUT2D eigenvalue weighted by Gasteiger charge is 1.82. The Hall–Kier alpha value is -1.06. The molecule has 1 aromatic heterocycles. The molecule has 11 heavy (non-hydrogen) atoms. The van der Waals surface area contributed by atoms with E-state index in [1.165, 1.54) is 0 Å². The van der Waals surface area contributed by atoms with E-state index in [1.54, 1.807) is 6.92 Å². The van der Waals surface area contributed by atoms with E-state index in [1.807, 2.05) is 27.7 Å². The lowest BCUT2D eigenvalue weighted by Gasteiger charge is -1.65. The molecule has 0 unspecified atom stereocenters. The van der Waals surface area contributed by atoms with Gasteiger partial charge in [0.1, 0.15) is 5.82 Å². The summed E-state index contributed by atoms with van der Waals surface area (Å²) in [7, 11) is 0. The van der Waals surface area contributed by atoms with E-state index in [9.17, 15) is 4.79 Å². The first-order chi connectivity index (χ1) is 5.29. The molecule has 4 nitrogen and oxygen atoms in total. The van der Waals surface area contributed by atoms with Crippen LogP contribution in [0.15, 0.2) is 4.79 Å². The molecule has 2 N–H and O–H groups in total. The third-order valence-corrected chi connectivity index (χ3v) is 0.620. The van der Waals surface area contributed by atoms with Gasteiger partial charge in [0.05, 0.1) is 0 Å². The van der Waals surface area contributed by atoms with Gasteiger partial charge in [-0.25, -0.2) is 9.89 Å². The zero-order chi connectivity index (χ0) is 9.28. The number of hydrogen-bond acceptors (Lipinski definition) is 2. The molecule has 0 saturated heterocycles. The van der Waals surface area contributed by atoms with Gasteiger partial charge in [0.25, 0.3) is 0 Å². The highest BCUT2D eigenvalue weighted by atomic mass is 16.1. The highest BCUT2D eigenvalue weighted by molar-refractivity contribution is 4.71. The molecule has 0 amide bonds. The van der Waals surface area contributed by atoms with E-state index in [-0.39, 0.29) is 5.69 Å². The predicted molar refractivity (Wildman–Crippen MR) is 46.6 cm³/mol. The lowest BCUT2D eigenvalue weighted by atomic mass is 10.8. The van der Waals surface area contributed by atoms with Crippen molar-refractivity contribution in [1.82, 2.24) is 15.2 Å². The molecule has 0 aromatic carbocycles. The third kappa shape index (κ3) is 6.83. The minimum Gasteiger partial charge on any atom is -0.293 e. The fourth-order valence-corrected chi connectivity index (χ4v) is 0.355. The summed E-state index contributed by atoms with van der Waals surface area (Å²) >= 11 is 0. The van der Waals surface area contributed by atoms with Crippen LogP contribution in [0.4, 0.5) is 0 Å². The van der Waals surface area contributed by atoms with Crippen LogP contribution in [-0.2, 0) is 0 Å². The second-order valence-electron chi connectivity index (χ2n) is 1.26. The number of aromatic nitrogens is 3. The van der Waals surface area contributed by atoms with Crippen molar-refractivity contribution in [1.29, 1.82) is 0 Å². The molecule has 0 atom stereocenters. The van der Waals surface area contributed by atoms with Gasteiger partial charge in [0.15, 0.2) is 0 Å². The van der Waals surface area contributed by atoms with E-state index in [2.05, 4.69) is 15.2 Å². The molecule has 0 spiro atoms. The molecule has 0 aliphatic heterocycles. The monoisotopic (exact) mass is 159 g/mol. The first-order valence-electron chi connectivity index (χ1n) is 3.90. The van der Waals surface area contributed by atoms with E-state index in [4.69, 9.17) is 0 Å². The summed E-state index contributed by atoms with van der Waals surface area (Å²) in [6.45, 7) is 9.71. The van der Waals surface area contributed by atoms with Crippen molar-refractivity contribution >= 4 is 0 Å². The van der Waals surface area contributed by atoms with Crippen molar-refractivity contribution in [3.63, 3.8) is 0 Å². The zero-order valence-corrected chi connectivity index (χ0v) is 7.86. The Morgan fingerprint density at radius 1 is 1.18 bits per heavy atom. The van der Waals surface area contributed by atoms with Crippen molar-refractivity contribution in [2.75, 3.05) is 0 Å². The fourth-order valence-electron chi connectivity index (χ4n) is 0.355. The minimum atomic E-state index is -0.252. The Kier molecular flexibility index (Phi) is 10.2. The molecule has 1 rings (SSSR count). The highest BCUT2D eigenvalue weighted by Crippen LogP contribution is 1.68. The van der Waals surface area contributed by atoms with Crippen molar-refractivity contribution in [3.05, 3.63) is 16.3 Å². The molecule has 66 valence electrons. The number of nitrogens with one attached hydrogen (secondary N) is 2. The summed E-state index contributed by atoms with van der Waals surface area (Å²) in [5.41, 5.74) is -0.252. The molecular formula is C7H17N3O. The molecule has 1 aromatic rings. The fraction of sp³-hybridized carbons (Fsp3) is 0.714. The van der Waals surface area contributed by atoms with Crippen molar-refractivity contribution in [2.24, 2.45) is 0 Å². The molecule has 0 aliphatic rings. The van der Waals surface area contributed by atoms with Crippen LogP contribution in [0.1, 0.15) is 33.5 Å². The third-order valence-electron chi connectivity index (χ3n) is 0.620. The molecule has 0 bridgehead atoms. The summed E-state index contributed by atoms with van der Waals surface area (Å²) in [5, 5.41) is 5.73. The maximum atomic E-state index is 10.1. The van der Waals surface area contributed by atoms with Gasteiger partial charge in [-0.2, -0.15) is 5.10 Å². The largest absolute Gasteiger partial charge is 0.340 e. The van der Waals surface area contributed by atoms with Gasteiger partial charge in [-0.15, -0.1) is 0 Å². The molecule has 0 fully saturated rings. The SMILES string of the molecule is CC.CC.Cc1n[nH]c(=O)[nH]1. The molecule has 0 radical (unpaired) electrons. The summed E-state index contributed by atoms with van der Waals surface area (Å²) in [5.74, 6) is 0.616. The van der Waals surface area contributed by atoms with E-state index in [0.717, 1.165) is 0 Å². The predicted octanol–water partition coefficient (Wildman–Crippen LogP) is 1.46. The van der Waals surface area contributed by atoms with Gasteiger partial charge < -0.3 is 0 Å². The average Bonchev–Trinajstić information content (AvgIpc) is 2.43. The topological polar surface area (TPSA) is 61.5 Å². The summed E-state index contributed by atoms with van der Waals surface area (Å²) < 4.78 is 0. The van der Waals surface area contributed by atoms with Crippen LogP contribution >= 0.6 is 0 Å². The first kappa shape index (κ1) is 12.6. The van der Waals surface area contributed by atoms with E-state index >= 15 is 0 Å². The van der Waals surface area contributed by atoms with Gasteiger partial charge >= 0.3 is 5.69 Å². The Labute approximate surface area is 67.0 Å². The van der Waals surface area contributed by atoms with Gasteiger partial charge in [-0.3, -0.25) is 4.98 Å². The number of aromatic amines is 2. The van der Waals surface area contributed by atoms with Crippen LogP contribution in [0.2, 0.25) is 0 Å². The zero-order valence-electron chi connectivity index (χ0n) is 7.86. The number of nitrogens with zero attached hydrogens (tertiary/aromatic N) is 1. The van der Waals surface area contributed by atoms with Crippen molar-refractivity contribution in [2.45, 2.75) is 34.6 Å². The first-order valence-corrected chi connectivity index (χ1v) is 3.90. The minimum absolute atomic E-state index is 0.252. The molecule has 0 saturated carbocycles. The smallest absolute Gasteiger partial charge is 0.293 e. The van der Waals surface area contributed by atoms with Crippen molar-refractivity contribution in [3.8, 4) is 0 Å². The second kappa shape index (κ2) is 8.94. The average molecular weight is 159 g/mol. The lowest BCUT2D eigenvalue weighted by Crippen LogP contribution is -2.00. The van der Waals surface area contributed by atoms with Crippen LogP contribution in [0, 0.1) is 6.92 Å². The molecule has 0 aliphatic carbocycles. The molecule has 4 heteroatoms. The quantitative estimate of drug-likeness (QED) is 0.602. The molecular weight excluding hydrogens is 142 g/mol. The van der Waals surface area contributed by atoms with Crippen LogP contribution in [0.25, 0.3) is 0 Å². The summed E-state index contributed by atoms with van der Waals surface area (Å²) in [6, 6.07) is 0. The van der Waals surface area contributed by atoms with Crippen LogP contribution in [0.3, 0.4) is 0 Å². The Balaban J connectivity index is 0. The van der Waals surface area contributed by atoms with Crippen LogP contribution < -0.4 is 5.69 Å². The summed E-state index contributed by atoms with van der Waals surface area (Å²) in [6.07, 6.45) is 0. The van der Waals surface area contributed by atoms with E-state index < -0.39 is 0 Å². The Morgan fingerprint density at radius 3 is 1.73 bits per heavy atom. The number of H-pyrrole nitrogens is 2. The maximum absolute atomic E-state index is 10.1.